The molecule has 1 aliphatic rings. The number of likely N-dealkylation sites (tertiary alicyclic amines) is 1. The molecule has 0 unspecified atom stereocenters. The highest BCUT2D eigenvalue weighted by Crippen LogP contribution is 2.27. The van der Waals surface area contributed by atoms with E-state index in [9.17, 15) is 0 Å². The molecule has 0 radical (unpaired) electrons. The third-order valence-electron chi connectivity index (χ3n) is 4.35. The number of aliphatic imine (C=N–C) groups is 1. The highest BCUT2D eigenvalue weighted by molar-refractivity contribution is 14.0. The SMILES string of the molecule is CCNC(=NCc1ccc(OC)c(OC)c1)NCCCN1CCCC1.I. The fraction of sp³-hybridized carbons (Fsp3) is 0.632. The minimum atomic E-state index is 0. The first kappa shape index (κ1) is 22.8. The number of guanidine groups is 1. The van der Waals surface area contributed by atoms with Crippen molar-refractivity contribution in [3.63, 3.8) is 0 Å². The van der Waals surface area contributed by atoms with Crippen LogP contribution in [0.5, 0.6) is 11.5 Å². The summed E-state index contributed by atoms with van der Waals surface area (Å²) < 4.78 is 10.6. The van der Waals surface area contributed by atoms with Crippen molar-refractivity contribution in [3.8, 4) is 11.5 Å². The predicted molar refractivity (Wildman–Crippen MR) is 118 cm³/mol. The fourth-order valence-corrected chi connectivity index (χ4v) is 3.01. The van der Waals surface area contributed by atoms with Crippen molar-refractivity contribution in [2.75, 3.05) is 46.9 Å². The van der Waals surface area contributed by atoms with Crippen molar-refractivity contribution in [2.45, 2.75) is 32.7 Å². The third-order valence-corrected chi connectivity index (χ3v) is 4.35. The van der Waals surface area contributed by atoms with Crippen molar-refractivity contribution in [1.29, 1.82) is 0 Å². The summed E-state index contributed by atoms with van der Waals surface area (Å²) in [5, 5.41) is 6.72. The Kier molecular flexibility index (Phi) is 11.4. The molecular weight excluding hydrogens is 443 g/mol. The minimum Gasteiger partial charge on any atom is -0.493 e. The highest BCUT2D eigenvalue weighted by atomic mass is 127. The van der Waals surface area contributed by atoms with Gasteiger partial charge in [0, 0.05) is 13.1 Å². The van der Waals surface area contributed by atoms with Crippen molar-refractivity contribution >= 4 is 29.9 Å². The minimum absolute atomic E-state index is 0. The second-order valence-electron chi connectivity index (χ2n) is 6.21. The number of hydrogen-bond acceptors (Lipinski definition) is 4. The Balaban J connectivity index is 0.00000338. The van der Waals surface area contributed by atoms with E-state index in [1.807, 2.05) is 18.2 Å². The molecule has 0 amide bonds. The van der Waals surface area contributed by atoms with E-state index in [1.165, 1.54) is 32.5 Å². The maximum absolute atomic E-state index is 5.35. The smallest absolute Gasteiger partial charge is 0.191 e. The Morgan fingerprint density at radius 3 is 2.50 bits per heavy atom. The van der Waals surface area contributed by atoms with E-state index in [0.29, 0.717) is 6.54 Å². The summed E-state index contributed by atoms with van der Waals surface area (Å²) in [7, 11) is 3.29. The van der Waals surface area contributed by atoms with Crippen LogP contribution in [0.25, 0.3) is 0 Å². The quantitative estimate of drug-likeness (QED) is 0.249. The third kappa shape index (κ3) is 7.57. The predicted octanol–water partition coefficient (Wildman–Crippen LogP) is 2.86. The van der Waals surface area contributed by atoms with Crippen LogP contribution in [0.2, 0.25) is 0 Å². The average Bonchev–Trinajstić information content (AvgIpc) is 3.16. The molecule has 0 aromatic heterocycles. The summed E-state index contributed by atoms with van der Waals surface area (Å²) in [5.41, 5.74) is 1.09. The van der Waals surface area contributed by atoms with Crippen LogP contribution < -0.4 is 20.1 Å². The molecule has 1 aromatic carbocycles. The summed E-state index contributed by atoms with van der Waals surface area (Å²) in [6.45, 7) is 8.15. The molecular formula is C19H33IN4O2. The maximum Gasteiger partial charge on any atom is 0.191 e. The average molecular weight is 476 g/mol. The van der Waals surface area contributed by atoms with Gasteiger partial charge in [0.1, 0.15) is 0 Å². The monoisotopic (exact) mass is 476 g/mol. The Morgan fingerprint density at radius 1 is 1.12 bits per heavy atom. The lowest BCUT2D eigenvalue weighted by molar-refractivity contribution is 0.334. The van der Waals surface area contributed by atoms with E-state index in [2.05, 4.69) is 27.4 Å². The normalized spacial score (nSPS) is 14.7. The van der Waals surface area contributed by atoms with Crippen LogP contribution in [0.3, 0.4) is 0 Å². The molecule has 0 saturated carbocycles. The van der Waals surface area contributed by atoms with E-state index in [0.717, 1.165) is 42.5 Å². The van der Waals surface area contributed by atoms with Gasteiger partial charge >= 0.3 is 0 Å². The van der Waals surface area contributed by atoms with Gasteiger partial charge in [-0.05, 0) is 63.5 Å². The summed E-state index contributed by atoms with van der Waals surface area (Å²) in [4.78, 5) is 7.21. The van der Waals surface area contributed by atoms with Gasteiger partial charge in [-0.2, -0.15) is 0 Å². The summed E-state index contributed by atoms with van der Waals surface area (Å²) in [6.07, 6.45) is 3.84. The molecule has 6 nitrogen and oxygen atoms in total. The molecule has 0 spiro atoms. The fourth-order valence-electron chi connectivity index (χ4n) is 3.01. The zero-order chi connectivity index (χ0) is 17.9. The molecule has 1 aliphatic heterocycles. The zero-order valence-electron chi connectivity index (χ0n) is 16.2. The first-order chi connectivity index (χ1) is 12.3. The number of methoxy groups -OCH3 is 2. The first-order valence-corrected chi connectivity index (χ1v) is 9.22. The van der Waals surface area contributed by atoms with Gasteiger partial charge in [-0.1, -0.05) is 6.07 Å². The van der Waals surface area contributed by atoms with Gasteiger partial charge in [0.25, 0.3) is 0 Å². The maximum atomic E-state index is 5.35. The van der Waals surface area contributed by atoms with Crippen molar-refractivity contribution < 1.29 is 9.47 Å². The van der Waals surface area contributed by atoms with E-state index in [4.69, 9.17) is 9.47 Å². The second-order valence-corrected chi connectivity index (χ2v) is 6.21. The van der Waals surface area contributed by atoms with Crippen LogP contribution in [0.1, 0.15) is 31.7 Å². The van der Waals surface area contributed by atoms with Crippen LogP contribution >= 0.6 is 24.0 Å². The van der Waals surface area contributed by atoms with E-state index in [-0.39, 0.29) is 24.0 Å². The van der Waals surface area contributed by atoms with Crippen LogP contribution in [0.15, 0.2) is 23.2 Å². The number of halogens is 1. The number of ether oxygens (including phenoxy) is 2. The molecule has 2 N–H and O–H groups in total. The number of hydrogen-bond donors (Lipinski definition) is 2. The van der Waals surface area contributed by atoms with Gasteiger partial charge in [-0.3, -0.25) is 0 Å². The van der Waals surface area contributed by atoms with Crippen LogP contribution in [0.4, 0.5) is 0 Å². The van der Waals surface area contributed by atoms with E-state index in [1.54, 1.807) is 14.2 Å². The lowest BCUT2D eigenvalue weighted by Crippen LogP contribution is -2.38. The summed E-state index contributed by atoms with van der Waals surface area (Å²) in [5.74, 6) is 2.33. The van der Waals surface area contributed by atoms with Crippen LogP contribution in [-0.4, -0.2) is 57.8 Å². The Hall–Kier alpha value is -1.22. The van der Waals surface area contributed by atoms with Gasteiger partial charge in [-0.15, -0.1) is 24.0 Å². The molecule has 1 fully saturated rings. The van der Waals surface area contributed by atoms with Gasteiger partial charge in [0.15, 0.2) is 17.5 Å². The van der Waals surface area contributed by atoms with Crippen LogP contribution in [-0.2, 0) is 6.54 Å². The Morgan fingerprint density at radius 2 is 1.85 bits per heavy atom. The zero-order valence-corrected chi connectivity index (χ0v) is 18.5. The second kappa shape index (κ2) is 13.0. The molecule has 0 atom stereocenters. The van der Waals surface area contributed by atoms with E-state index >= 15 is 0 Å². The van der Waals surface area contributed by atoms with Crippen molar-refractivity contribution in [2.24, 2.45) is 4.99 Å². The van der Waals surface area contributed by atoms with Crippen molar-refractivity contribution in [3.05, 3.63) is 23.8 Å². The summed E-state index contributed by atoms with van der Waals surface area (Å²) in [6, 6.07) is 5.90. The lowest BCUT2D eigenvalue weighted by Gasteiger charge is -2.16. The van der Waals surface area contributed by atoms with Crippen LogP contribution in [0, 0.1) is 0 Å². The van der Waals surface area contributed by atoms with Gasteiger partial charge in [0.2, 0.25) is 0 Å². The number of nitrogens with zero attached hydrogens (tertiary/aromatic N) is 2. The molecule has 1 heterocycles. The van der Waals surface area contributed by atoms with Gasteiger partial charge < -0.3 is 25.0 Å². The van der Waals surface area contributed by atoms with Gasteiger partial charge in [0.05, 0.1) is 20.8 Å². The standard InChI is InChI=1S/C19H32N4O2.HI/c1-4-20-19(21-10-7-13-23-11-5-6-12-23)22-15-16-8-9-17(24-2)18(14-16)25-3;/h8-9,14H,4-7,10-13,15H2,1-3H3,(H2,20,21,22);1H. The lowest BCUT2D eigenvalue weighted by atomic mass is 10.2. The largest absolute Gasteiger partial charge is 0.493 e. The molecule has 7 heteroatoms. The number of nitrogens with one attached hydrogen (secondary N) is 2. The Bertz CT molecular complexity index is 548. The molecule has 0 aliphatic carbocycles. The van der Waals surface area contributed by atoms with Crippen molar-refractivity contribution in [1.82, 2.24) is 15.5 Å². The first-order valence-electron chi connectivity index (χ1n) is 9.22. The topological polar surface area (TPSA) is 58.1 Å². The number of rotatable bonds is 9. The Labute approximate surface area is 174 Å². The number of benzene rings is 1. The molecule has 148 valence electrons. The van der Waals surface area contributed by atoms with E-state index < -0.39 is 0 Å². The van der Waals surface area contributed by atoms with Gasteiger partial charge in [-0.25, -0.2) is 4.99 Å². The molecule has 2 rings (SSSR count). The highest BCUT2D eigenvalue weighted by Gasteiger charge is 2.10. The molecule has 26 heavy (non-hydrogen) atoms. The molecule has 1 saturated heterocycles. The molecule has 1 aromatic rings. The molecule has 0 bridgehead atoms. The summed E-state index contributed by atoms with van der Waals surface area (Å²) >= 11 is 0.